The molecular weight excluding hydrogens is 381 g/mol. The van der Waals surface area contributed by atoms with Gasteiger partial charge in [0, 0.05) is 22.9 Å². The van der Waals surface area contributed by atoms with Crippen molar-refractivity contribution in [2.75, 3.05) is 11.6 Å². The molecule has 2 amide bonds. The highest BCUT2D eigenvalue weighted by Gasteiger charge is 2.35. The quantitative estimate of drug-likeness (QED) is 0.785. The molecule has 5 nitrogen and oxygen atoms in total. The van der Waals surface area contributed by atoms with E-state index < -0.39 is 29.6 Å². The number of alkyl halides is 3. The molecule has 0 saturated carbocycles. The first kappa shape index (κ1) is 21.1. The molecule has 1 aliphatic heterocycles. The Bertz CT molecular complexity index is 729. The van der Waals surface area contributed by atoms with Gasteiger partial charge in [0.15, 0.2) is 0 Å². The number of carbonyl (C=O) groups excluding carboxylic acids is 2. The molecule has 0 spiro atoms. The first-order chi connectivity index (χ1) is 12.5. The van der Waals surface area contributed by atoms with Crippen molar-refractivity contribution in [3.63, 3.8) is 0 Å². The number of nitrogens with zero attached hydrogens (tertiary/aromatic N) is 1. The maximum Gasteiger partial charge on any atom is 0.573 e. The third-order valence-corrected chi connectivity index (χ3v) is 4.53. The number of carbonyl (C=O) groups is 2. The third-order valence-electron chi connectivity index (χ3n) is 3.52. The summed E-state index contributed by atoms with van der Waals surface area (Å²) in [7, 11) is 0. The van der Waals surface area contributed by atoms with Crippen molar-refractivity contribution in [3.8, 4) is 5.75 Å². The molecule has 9 heteroatoms. The van der Waals surface area contributed by atoms with E-state index in [1.165, 1.54) is 40.9 Å². The SMILES string of the molecule is CC(C)(C)NC(=O)[C@H]1CSCN1C(=O)/C=C/c1ccccc1OC(F)(F)F. The maximum absolute atomic E-state index is 12.5. The lowest BCUT2D eigenvalue weighted by atomic mass is 10.1. The zero-order chi connectivity index (χ0) is 20.2. The predicted octanol–water partition coefficient (Wildman–Crippen LogP) is 3.41. The summed E-state index contributed by atoms with van der Waals surface area (Å²) >= 11 is 1.44. The van der Waals surface area contributed by atoms with Crippen molar-refractivity contribution in [2.24, 2.45) is 0 Å². The van der Waals surface area contributed by atoms with Gasteiger partial charge in [0.05, 0.1) is 5.88 Å². The number of nitrogens with one attached hydrogen (secondary N) is 1. The number of rotatable bonds is 4. The number of halogens is 3. The molecule has 0 radical (unpaired) electrons. The summed E-state index contributed by atoms with van der Waals surface area (Å²) in [5, 5.41) is 2.84. The van der Waals surface area contributed by atoms with Crippen LogP contribution < -0.4 is 10.1 Å². The Hall–Kier alpha value is -2.16. The summed E-state index contributed by atoms with van der Waals surface area (Å²) in [5.74, 6) is -0.292. The van der Waals surface area contributed by atoms with E-state index >= 15 is 0 Å². The lowest BCUT2D eigenvalue weighted by Crippen LogP contribution is -2.52. The third kappa shape index (κ3) is 6.50. The standard InChI is InChI=1S/C18H21F3N2O3S/c1-17(2,3)22-16(25)13-10-27-11-23(13)15(24)9-8-12-6-4-5-7-14(12)26-18(19,20)21/h4-9,13H,10-11H2,1-3H3,(H,22,25)/b9-8+/t13-/m1/s1. The molecule has 27 heavy (non-hydrogen) atoms. The highest BCUT2D eigenvalue weighted by atomic mass is 32.2. The van der Waals surface area contributed by atoms with Crippen LogP contribution in [0.2, 0.25) is 0 Å². The van der Waals surface area contributed by atoms with Crippen molar-refractivity contribution < 1.29 is 27.5 Å². The summed E-state index contributed by atoms with van der Waals surface area (Å²) in [4.78, 5) is 26.3. The normalized spacial score (nSPS) is 18.0. The van der Waals surface area contributed by atoms with E-state index in [2.05, 4.69) is 10.1 Å². The molecule has 1 aromatic carbocycles. The zero-order valence-corrected chi connectivity index (χ0v) is 16.0. The molecule has 1 atom stereocenters. The largest absolute Gasteiger partial charge is 0.573 e. The first-order valence-electron chi connectivity index (χ1n) is 8.19. The molecule has 148 valence electrons. The van der Waals surface area contributed by atoms with Gasteiger partial charge < -0.3 is 15.0 Å². The number of ether oxygens (including phenoxy) is 1. The Kier molecular flexibility index (Phi) is 6.46. The number of benzene rings is 1. The van der Waals surface area contributed by atoms with Crippen LogP contribution in [0.1, 0.15) is 26.3 Å². The number of thioether (sulfide) groups is 1. The Morgan fingerprint density at radius 1 is 1.26 bits per heavy atom. The van der Waals surface area contributed by atoms with E-state index in [0.717, 1.165) is 6.08 Å². The second-order valence-corrected chi connectivity index (χ2v) is 7.98. The Morgan fingerprint density at radius 3 is 2.56 bits per heavy atom. The van der Waals surface area contributed by atoms with Gasteiger partial charge in [-0.25, -0.2) is 0 Å². The van der Waals surface area contributed by atoms with E-state index in [1.807, 2.05) is 20.8 Å². The average Bonchev–Trinajstić information content (AvgIpc) is 3.00. The van der Waals surface area contributed by atoms with Crippen LogP contribution >= 0.6 is 11.8 Å². The van der Waals surface area contributed by atoms with Gasteiger partial charge in [-0.05, 0) is 32.9 Å². The molecular formula is C18H21F3N2O3S. The molecule has 0 aromatic heterocycles. The van der Waals surface area contributed by atoms with Crippen LogP contribution in [-0.2, 0) is 9.59 Å². The van der Waals surface area contributed by atoms with Crippen LogP contribution in [0.5, 0.6) is 5.75 Å². The Labute approximate surface area is 159 Å². The summed E-state index contributed by atoms with van der Waals surface area (Å²) in [6.07, 6.45) is -2.41. The minimum atomic E-state index is -4.82. The smallest absolute Gasteiger partial charge is 0.405 e. The van der Waals surface area contributed by atoms with Crippen molar-refractivity contribution in [2.45, 2.75) is 38.7 Å². The van der Waals surface area contributed by atoms with E-state index in [-0.39, 0.29) is 11.5 Å². The number of amides is 2. The van der Waals surface area contributed by atoms with E-state index in [9.17, 15) is 22.8 Å². The molecule has 1 fully saturated rings. The van der Waals surface area contributed by atoms with Crippen LogP contribution in [0.3, 0.4) is 0 Å². The number of hydrogen-bond acceptors (Lipinski definition) is 4. The van der Waals surface area contributed by atoms with E-state index in [4.69, 9.17) is 0 Å². The van der Waals surface area contributed by atoms with Crippen LogP contribution in [0, 0.1) is 0 Å². The second kappa shape index (κ2) is 8.24. The van der Waals surface area contributed by atoms with Crippen LogP contribution in [0.25, 0.3) is 6.08 Å². The van der Waals surface area contributed by atoms with Gasteiger partial charge >= 0.3 is 6.36 Å². The monoisotopic (exact) mass is 402 g/mol. The lowest BCUT2D eigenvalue weighted by molar-refractivity contribution is -0.274. The summed E-state index contributed by atoms with van der Waals surface area (Å²) in [6, 6.07) is 4.91. The number of hydrogen-bond donors (Lipinski definition) is 1. The molecule has 1 N–H and O–H groups in total. The number of para-hydroxylation sites is 1. The van der Waals surface area contributed by atoms with Gasteiger partial charge in [-0.15, -0.1) is 24.9 Å². The second-order valence-electron chi connectivity index (χ2n) is 6.98. The maximum atomic E-state index is 12.5. The van der Waals surface area contributed by atoms with E-state index in [0.29, 0.717) is 11.6 Å². The van der Waals surface area contributed by atoms with Gasteiger partial charge in [0.25, 0.3) is 0 Å². The van der Waals surface area contributed by atoms with Crippen LogP contribution in [0.4, 0.5) is 13.2 Å². The van der Waals surface area contributed by atoms with E-state index in [1.54, 1.807) is 6.07 Å². The molecule has 0 aliphatic carbocycles. The summed E-state index contributed by atoms with van der Waals surface area (Å²) < 4.78 is 41.4. The molecule has 0 unspecified atom stereocenters. The van der Waals surface area contributed by atoms with Crippen molar-refractivity contribution in [1.29, 1.82) is 0 Å². The van der Waals surface area contributed by atoms with Crippen molar-refractivity contribution in [1.82, 2.24) is 10.2 Å². The highest BCUT2D eigenvalue weighted by Crippen LogP contribution is 2.27. The molecule has 2 rings (SSSR count). The summed E-state index contributed by atoms with van der Waals surface area (Å²) in [6.45, 7) is 5.53. The fraction of sp³-hybridized carbons (Fsp3) is 0.444. The molecule has 1 aliphatic rings. The van der Waals surface area contributed by atoms with Gasteiger partial charge in [0.2, 0.25) is 11.8 Å². The lowest BCUT2D eigenvalue weighted by Gasteiger charge is -2.27. The summed E-state index contributed by atoms with van der Waals surface area (Å²) in [5.41, 5.74) is -0.311. The van der Waals surface area contributed by atoms with Gasteiger partial charge in [-0.3, -0.25) is 9.59 Å². The molecule has 0 bridgehead atoms. The van der Waals surface area contributed by atoms with Crippen molar-refractivity contribution >= 4 is 29.7 Å². The molecule has 1 aromatic rings. The van der Waals surface area contributed by atoms with Crippen LogP contribution in [0.15, 0.2) is 30.3 Å². The predicted molar refractivity (Wildman–Crippen MR) is 98.0 cm³/mol. The minimum absolute atomic E-state index is 0.116. The minimum Gasteiger partial charge on any atom is -0.405 e. The first-order valence-corrected chi connectivity index (χ1v) is 9.35. The van der Waals surface area contributed by atoms with Gasteiger partial charge in [-0.1, -0.05) is 18.2 Å². The van der Waals surface area contributed by atoms with Crippen molar-refractivity contribution in [3.05, 3.63) is 35.9 Å². The average molecular weight is 402 g/mol. The van der Waals surface area contributed by atoms with Crippen LogP contribution in [-0.4, -0.2) is 46.3 Å². The van der Waals surface area contributed by atoms with Gasteiger partial charge in [-0.2, -0.15) is 0 Å². The topological polar surface area (TPSA) is 58.6 Å². The molecule has 1 saturated heterocycles. The highest BCUT2D eigenvalue weighted by molar-refractivity contribution is 7.99. The fourth-order valence-corrected chi connectivity index (χ4v) is 3.59. The Morgan fingerprint density at radius 2 is 1.93 bits per heavy atom. The zero-order valence-electron chi connectivity index (χ0n) is 15.2. The van der Waals surface area contributed by atoms with Gasteiger partial charge in [0.1, 0.15) is 11.8 Å². The Balaban J connectivity index is 2.11. The molecule has 1 heterocycles. The fourth-order valence-electron chi connectivity index (χ4n) is 2.42.